The van der Waals surface area contributed by atoms with Gasteiger partial charge in [0.25, 0.3) is 0 Å². The topological polar surface area (TPSA) is 36.1 Å². The first-order chi connectivity index (χ1) is 10.7. The van der Waals surface area contributed by atoms with Gasteiger partial charge in [0.05, 0.1) is 0 Å². The first kappa shape index (κ1) is 13.6. The minimum absolute atomic E-state index is 0.216. The predicted octanol–water partition coefficient (Wildman–Crippen LogP) is 3.72. The quantitative estimate of drug-likeness (QED) is 0.901. The second kappa shape index (κ2) is 5.27. The molecule has 1 amide bonds. The van der Waals surface area contributed by atoms with E-state index >= 15 is 0 Å². The molecule has 0 unspecified atom stereocenters. The smallest absolute Gasteiger partial charge is 0.225 e. The van der Waals surface area contributed by atoms with Gasteiger partial charge in [-0.3, -0.25) is 4.79 Å². The lowest BCUT2D eigenvalue weighted by Gasteiger charge is -2.33. The molecule has 0 spiro atoms. The van der Waals surface area contributed by atoms with Crippen molar-refractivity contribution in [3.63, 3.8) is 0 Å². The van der Waals surface area contributed by atoms with Gasteiger partial charge in [-0.15, -0.1) is 0 Å². The molecule has 0 atom stereocenters. The summed E-state index contributed by atoms with van der Waals surface area (Å²) in [5.41, 5.74) is 3.21. The summed E-state index contributed by atoms with van der Waals surface area (Å²) >= 11 is 0. The van der Waals surface area contributed by atoms with Crippen LogP contribution in [0, 0.1) is 11.7 Å². The fraction of sp³-hybridized carbons (Fsp3) is 0.389. The van der Waals surface area contributed by atoms with Gasteiger partial charge in [-0.05, 0) is 43.0 Å². The third-order valence-electron chi connectivity index (χ3n) is 4.96. The SMILES string of the molecule is O=C(C1CCC1)N1CC=C(c2c[nH]c3ccc(F)cc23)CC1. The van der Waals surface area contributed by atoms with Crippen LogP contribution in [0.3, 0.4) is 0 Å². The van der Waals surface area contributed by atoms with Crippen molar-refractivity contribution in [2.24, 2.45) is 5.92 Å². The number of fused-ring (bicyclic) bond motifs is 1. The monoisotopic (exact) mass is 298 g/mol. The van der Waals surface area contributed by atoms with Crippen LogP contribution < -0.4 is 0 Å². The summed E-state index contributed by atoms with van der Waals surface area (Å²) in [5.74, 6) is 0.357. The molecule has 1 saturated carbocycles. The van der Waals surface area contributed by atoms with E-state index in [9.17, 15) is 9.18 Å². The fourth-order valence-electron chi connectivity index (χ4n) is 3.39. The maximum atomic E-state index is 13.5. The molecule has 2 heterocycles. The van der Waals surface area contributed by atoms with E-state index in [1.54, 1.807) is 12.1 Å². The molecule has 2 aliphatic rings. The van der Waals surface area contributed by atoms with E-state index in [1.807, 2.05) is 11.1 Å². The summed E-state index contributed by atoms with van der Waals surface area (Å²) < 4.78 is 13.5. The van der Waals surface area contributed by atoms with Crippen molar-refractivity contribution < 1.29 is 9.18 Å². The number of halogens is 1. The van der Waals surface area contributed by atoms with Crippen LogP contribution in [0.5, 0.6) is 0 Å². The first-order valence-electron chi connectivity index (χ1n) is 7.97. The Morgan fingerprint density at radius 3 is 2.86 bits per heavy atom. The molecule has 0 radical (unpaired) electrons. The van der Waals surface area contributed by atoms with Gasteiger partial charge < -0.3 is 9.88 Å². The highest BCUT2D eigenvalue weighted by atomic mass is 19.1. The average Bonchev–Trinajstić information content (AvgIpc) is 2.88. The Kier molecular flexibility index (Phi) is 3.25. The van der Waals surface area contributed by atoms with Crippen molar-refractivity contribution in [1.82, 2.24) is 9.88 Å². The zero-order valence-corrected chi connectivity index (χ0v) is 12.4. The lowest BCUT2D eigenvalue weighted by atomic mass is 9.84. The Bertz CT molecular complexity index is 758. The number of H-pyrrole nitrogens is 1. The van der Waals surface area contributed by atoms with Gasteiger partial charge in [0.2, 0.25) is 5.91 Å². The zero-order valence-electron chi connectivity index (χ0n) is 12.4. The molecule has 3 nitrogen and oxygen atoms in total. The summed E-state index contributed by atoms with van der Waals surface area (Å²) in [6, 6.07) is 4.81. The highest BCUT2D eigenvalue weighted by molar-refractivity contribution is 5.93. The van der Waals surface area contributed by atoms with E-state index in [1.165, 1.54) is 18.1 Å². The Labute approximate surface area is 128 Å². The lowest BCUT2D eigenvalue weighted by Crippen LogP contribution is -2.41. The molecule has 2 aromatic rings. The molecule has 4 heteroatoms. The molecule has 4 rings (SSSR count). The second-order valence-electron chi connectivity index (χ2n) is 6.28. The van der Waals surface area contributed by atoms with Crippen molar-refractivity contribution in [2.45, 2.75) is 25.7 Å². The van der Waals surface area contributed by atoms with Crippen LogP contribution in [-0.2, 0) is 4.79 Å². The van der Waals surface area contributed by atoms with E-state index in [4.69, 9.17) is 0 Å². The predicted molar refractivity (Wildman–Crippen MR) is 84.8 cm³/mol. The molecule has 1 aliphatic carbocycles. The van der Waals surface area contributed by atoms with Crippen LogP contribution in [0.1, 0.15) is 31.2 Å². The van der Waals surface area contributed by atoms with E-state index in [0.717, 1.165) is 42.3 Å². The van der Waals surface area contributed by atoms with E-state index in [0.29, 0.717) is 12.5 Å². The van der Waals surface area contributed by atoms with Gasteiger partial charge in [0.15, 0.2) is 0 Å². The van der Waals surface area contributed by atoms with Crippen molar-refractivity contribution >= 4 is 22.4 Å². The molecular formula is C18H19FN2O. The minimum Gasteiger partial charge on any atom is -0.361 e. The number of carbonyl (C=O) groups excluding carboxylic acids is 1. The number of nitrogens with one attached hydrogen (secondary N) is 1. The third-order valence-corrected chi connectivity index (χ3v) is 4.96. The van der Waals surface area contributed by atoms with Crippen molar-refractivity contribution in [1.29, 1.82) is 0 Å². The molecule has 1 aliphatic heterocycles. The van der Waals surface area contributed by atoms with Crippen LogP contribution in [0.4, 0.5) is 4.39 Å². The number of aromatic nitrogens is 1. The summed E-state index contributed by atoms with van der Waals surface area (Å²) in [6.45, 7) is 1.44. The van der Waals surface area contributed by atoms with Crippen molar-refractivity contribution in [3.05, 3.63) is 41.9 Å². The first-order valence-corrected chi connectivity index (χ1v) is 7.97. The number of carbonyl (C=O) groups is 1. The molecule has 1 aromatic carbocycles. The zero-order chi connectivity index (χ0) is 15.1. The van der Waals surface area contributed by atoms with Crippen LogP contribution in [-0.4, -0.2) is 28.9 Å². The van der Waals surface area contributed by atoms with Gasteiger partial charge in [-0.25, -0.2) is 4.39 Å². The Hall–Kier alpha value is -2.10. The van der Waals surface area contributed by atoms with E-state index in [-0.39, 0.29) is 11.7 Å². The maximum Gasteiger partial charge on any atom is 0.225 e. The van der Waals surface area contributed by atoms with Gasteiger partial charge in [0.1, 0.15) is 5.82 Å². The normalized spacial score (nSPS) is 19.1. The van der Waals surface area contributed by atoms with Crippen molar-refractivity contribution in [3.8, 4) is 0 Å². The van der Waals surface area contributed by atoms with Crippen LogP contribution >= 0.6 is 0 Å². The largest absolute Gasteiger partial charge is 0.361 e. The van der Waals surface area contributed by atoms with E-state index < -0.39 is 0 Å². The molecule has 0 saturated heterocycles. The Morgan fingerprint density at radius 1 is 1.32 bits per heavy atom. The second-order valence-corrected chi connectivity index (χ2v) is 6.28. The number of aromatic amines is 1. The van der Waals surface area contributed by atoms with Gasteiger partial charge in [-0.1, -0.05) is 12.5 Å². The summed E-state index contributed by atoms with van der Waals surface area (Å²) in [4.78, 5) is 17.4. The molecule has 1 aromatic heterocycles. The number of rotatable bonds is 2. The average molecular weight is 298 g/mol. The third kappa shape index (κ3) is 2.23. The summed E-state index contributed by atoms with van der Waals surface area (Å²) in [5, 5.41) is 0.921. The van der Waals surface area contributed by atoms with Crippen LogP contribution in [0.15, 0.2) is 30.5 Å². The van der Waals surface area contributed by atoms with Gasteiger partial charge in [0, 0.05) is 41.7 Å². The lowest BCUT2D eigenvalue weighted by molar-refractivity contribution is -0.137. The Morgan fingerprint density at radius 2 is 2.18 bits per heavy atom. The fourth-order valence-corrected chi connectivity index (χ4v) is 3.39. The summed E-state index contributed by atoms with van der Waals surface area (Å²) in [6.07, 6.45) is 8.18. The minimum atomic E-state index is -0.216. The molecule has 1 N–H and O–H groups in total. The van der Waals surface area contributed by atoms with Crippen LogP contribution in [0.25, 0.3) is 16.5 Å². The van der Waals surface area contributed by atoms with Gasteiger partial charge >= 0.3 is 0 Å². The highest BCUT2D eigenvalue weighted by Crippen LogP contribution is 2.32. The molecule has 114 valence electrons. The number of amides is 1. The van der Waals surface area contributed by atoms with Gasteiger partial charge in [-0.2, -0.15) is 0 Å². The molecular weight excluding hydrogens is 279 g/mol. The Balaban J connectivity index is 1.57. The number of hydrogen-bond donors (Lipinski definition) is 1. The standard InChI is InChI=1S/C18H19FN2O/c19-14-4-5-17-15(10-14)16(11-20-17)12-6-8-21(9-7-12)18(22)13-2-1-3-13/h4-6,10-11,13,20H,1-3,7-9H2. The number of nitrogens with zero attached hydrogens (tertiary/aromatic N) is 1. The molecule has 1 fully saturated rings. The number of hydrogen-bond acceptors (Lipinski definition) is 1. The van der Waals surface area contributed by atoms with Crippen LogP contribution in [0.2, 0.25) is 0 Å². The molecule has 22 heavy (non-hydrogen) atoms. The highest BCUT2D eigenvalue weighted by Gasteiger charge is 2.30. The maximum absolute atomic E-state index is 13.5. The van der Waals surface area contributed by atoms with Crippen molar-refractivity contribution in [2.75, 3.05) is 13.1 Å². The van der Waals surface area contributed by atoms with E-state index in [2.05, 4.69) is 11.1 Å². The summed E-state index contributed by atoms with van der Waals surface area (Å²) in [7, 11) is 0. The molecule has 0 bridgehead atoms. The number of benzene rings is 1.